The number of rotatable bonds is 6. The first-order valence-electron chi connectivity index (χ1n) is 4.03. The van der Waals surface area contributed by atoms with Crippen LogP contribution in [-0.2, 0) is 4.74 Å². The summed E-state index contributed by atoms with van der Waals surface area (Å²) in [6.45, 7) is 3.83. The average Bonchev–Trinajstić information content (AvgIpc) is 2.05. The summed E-state index contributed by atoms with van der Waals surface area (Å²) in [7, 11) is 1.69. The summed E-state index contributed by atoms with van der Waals surface area (Å²) in [6, 6.07) is 0.176. The van der Waals surface area contributed by atoms with Crippen molar-refractivity contribution in [1.29, 1.82) is 0 Å². The molecule has 0 rings (SSSR count). The molecule has 0 spiro atoms. The van der Waals surface area contributed by atoms with Crippen LogP contribution < -0.4 is 5.32 Å². The van der Waals surface area contributed by atoms with Crippen LogP contribution >= 0.6 is 0 Å². The van der Waals surface area contributed by atoms with E-state index in [1.807, 2.05) is 0 Å². The molecule has 0 saturated carbocycles. The van der Waals surface area contributed by atoms with Crippen LogP contribution in [0.15, 0.2) is 0 Å². The van der Waals surface area contributed by atoms with Crippen molar-refractivity contribution < 1.29 is 4.74 Å². The Balaban J connectivity index is 3.35. The van der Waals surface area contributed by atoms with Crippen LogP contribution in [-0.4, -0.2) is 26.3 Å². The molecule has 0 aliphatic heterocycles. The second-order valence-electron chi connectivity index (χ2n) is 2.45. The van der Waals surface area contributed by atoms with Gasteiger partial charge in [-0.25, -0.2) is 0 Å². The Kier molecular flexibility index (Phi) is 7.23. The highest BCUT2D eigenvalue weighted by atomic mass is 16.5. The van der Waals surface area contributed by atoms with Gasteiger partial charge in [-0.05, 0) is 19.4 Å². The van der Waals surface area contributed by atoms with Crippen LogP contribution in [0.5, 0.6) is 0 Å². The maximum Gasteiger partial charge on any atom is 0.0709 e. The smallest absolute Gasteiger partial charge is 0.0709 e. The SMILES string of the molecule is C#CC(CCOC)NCCC. The summed E-state index contributed by atoms with van der Waals surface area (Å²) in [4.78, 5) is 0. The van der Waals surface area contributed by atoms with Gasteiger partial charge < -0.3 is 10.1 Å². The molecule has 1 unspecified atom stereocenters. The third-order valence-electron chi connectivity index (χ3n) is 1.45. The number of hydrogen-bond acceptors (Lipinski definition) is 2. The normalized spacial score (nSPS) is 12.5. The Morgan fingerprint density at radius 1 is 1.64 bits per heavy atom. The van der Waals surface area contributed by atoms with Crippen molar-refractivity contribution in [2.75, 3.05) is 20.3 Å². The molecule has 11 heavy (non-hydrogen) atoms. The van der Waals surface area contributed by atoms with Crippen molar-refractivity contribution in [1.82, 2.24) is 5.32 Å². The highest BCUT2D eigenvalue weighted by Crippen LogP contribution is 1.90. The summed E-state index contributed by atoms with van der Waals surface area (Å²) in [6.07, 6.45) is 7.30. The van der Waals surface area contributed by atoms with Crippen molar-refractivity contribution in [3.8, 4) is 12.3 Å². The molecule has 0 aromatic rings. The van der Waals surface area contributed by atoms with Gasteiger partial charge in [-0.15, -0.1) is 6.42 Å². The summed E-state index contributed by atoms with van der Waals surface area (Å²) in [5.41, 5.74) is 0. The number of hydrogen-bond donors (Lipinski definition) is 1. The lowest BCUT2D eigenvalue weighted by molar-refractivity contribution is 0.189. The van der Waals surface area contributed by atoms with E-state index in [0.717, 1.165) is 26.0 Å². The first kappa shape index (κ1) is 10.5. The van der Waals surface area contributed by atoms with E-state index < -0.39 is 0 Å². The lowest BCUT2D eigenvalue weighted by Gasteiger charge is -2.10. The fourth-order valence-corrected chi connectivity index (χ4v) is 0.799. The molecule has 0 heterocycles. The Hall–Kier alpha value is -0.520. The van der Waals surface area contributed by atoms with E-state index in [-0.39, 0.29) is 6.04 Å². The maximum absolute atomic E-state index is 5.29. The van der Waals surface area contributed by atoms with Gasteiger partial charge in [0, 0.05) is 13.7 Å². The van der Waals surface area contributed by atoms with Gasteiger partial charge in [0.25, 0.3) is 0 Å². The fraction of sp³-hybridized carbons (Fsp3) is 0.778. The monoisotopic (exact) mass is 155 g/mol. The second-order valence-corrected chi connectivity index (χ2v) is 2.45. The van der Waals surface area contributed by atoms with E-state index in [4.69, 9.17) is 11.2 Å². The standard InChI is InChI=1S/C9H17NO/c1-4-7-10-9(5-2)6-8-11-3/h2,9-10H,4,6-8H2,1,3H3. The molecule has 0 aromatic heterocycles. The minimum atomic E-state index is 0.176. The maximum atomic E-state index is 5.29. The van der Waals surface area contributed by atoms with Crippen LogP contribution in [0.3, 0.4) is 0 Å². The quantitative estimate of drug-likeness (QED) is 0.578. The highest BCUT2D eigenvalue weighted by Gasteiger charge is 2.00. The largest absolute Gasteiger partial charge is 0.385 e. The molecule has 1 N–H and O–H groups in total. The summed E-state index contributed by atoms with van der Waals surface area (Å²) < 4.78 is 4.92. The lowest BCUT2D eigenvalue weighted by Crippen LogP contribution is -2.29. The van der Waals surface area contributed by atoms with Gasteiger partial charge in [0.1, 0.15) is 0 Å². The number of terminal acetylenes is 1. The molecule has 0 saturated heterocycles. The Morgan fingerprint density at radius 2 is 2.36 bits per heavy atom. The van der Waals surface area contributed by atoms with E-state index in [1.54, 1.807) is 7.11 Å². The third-order valence-corrected chi connectivity index (χ3v) is 1.45. The van der Waals surface area contributed by atoms with E-state index in [0.29, 0.717) is 0 Å². The highest BCUT2D eigenvalue weighted by molar-refractivity contribution is 4.98. The Labute approximate surface area is 69.3 Å². The van der Waals surface area contributed by atoms with E-state index in [9.17, 15) is 0 Å². The predicted molar refractivity (Wildman–Crippen MR) is 47.4 cm³/mol. The summed E-state index contributed by atoms with van der Waals surface area (Å²) in [5, 5.41) is 3.24. The van der Waals surface area contributed by atoms with E-state index >= 15 is 0 Å². The first-order valence-corrected chi connectivity index (χ1v) is 4.03. The van der Waals surface area contributed by atoms with Crippen LogP contribution in [0.25, 0.3) is 0 Å². The zero-order valence-corrected chi connectivity index (χ0v) is 7.39. The van der Waals surface area contributed by atoms with Crippen LogP contribution in [0.1, 0.15) is 19.8 Å². The topological polar surface area (TPSA) is 21.3 Å². The van der Waals surface area contributed by atoms with Crippen LogP contribution in [0.4, 0.5) is 0 Å². The molecule has 0 bridgehead atoms. The second kappa shape index (κ2) is 7.59. The molecule has 0 fully saturated rings. The number of ether oxygens (including phenoxy) is 1. The fourth-order valence-electron chi connectivity index (χ4n) is 0.799. The molecule has 0 aliphatic carbocycles. The van der Waals surface area contributed by atoms with Gasteiger partial charge >= 0.3 is 0 Å². The first-order chi connectivity index (χ1) is 5.35. The zero-order chi connectivity index (χ0) is 8.53. The molecule has 64 valence electrons. The van der Waals surface area contributed by atoms with Crippen molar-refractivity contribution in [2.45, 2.75) is 25.8 Å². The molecular formula is C9H17NO. The van der Waals surface area contributed by atoms with E-state index in [2.05, 4.69) is 18.2 Å². The number of nitrogens with one attached hydrogen (secondary N) is 1. The van der Waals surface area contributed by atoms with Crippen molar-refractivity contribution in [3.05, 3.63) is 0 Å². The van der Waals surface area contributed by atoms with Crippen LogP contribution in [0, 0.1) is 12.3 Å². The molecular weight excluding hydrogens is 138 g/mol. The summed E-state index contributed by atoms with van der Waals surface area (Å²) >= 11 is 0. The Bertz CT molecular complexity index is 109. The van der Waals surface area contributed by atoms with Crippen molar-refractivity contribution in [2.24, 2.45) is 0 Å². The van der Waals surface area contributed by atoms with E-state index in [1.165, 1.54) is 0 Å². The van der Waals surface area contributed by atoms with Gasteiger partial charge in [0.15, 0.2) is 0 Å². The zero-order valence-electron chi connectivity index (χ0n) is 7.39. The minimum absolute atomic E-state index is 0.176. The Morgan fingerprint density at radius 3 is 2.82 bits per heavy atom. The molecule has 0 aromatic carbocycles. The van der Waals surface area contributed by atoms with Gasteiger partial charge in [-0.1, -0.05) is 12.8 Å². The lowest BCUT2D eigenvalue weighted by atomic mass is 10.2. The number of methoxy groups -OCH3 is 1. The third kappa shape index (κ3) is 5.90. The summed E-state index contributed by atoms with van der Waals surface area (Å²) in [5.74, 6) is 2.68. The molecule has 2 nitrogen and oxygen atoms in total. The van der Waals surface area contributed by atoms with Gasteiger partial charge in [0.2, 0.25) is 0 Å². The molecule has 2 heteroatoms. The molecule has 0 amide bonds. The van der Waals surface area contributed by atoms with Crippen LogP contribution in [0.2, 0.25) is 0 Å². The van der Waals surface area contributed by atoms with Crippen molar-refractivity contribution >= 4 is 0 Å². The minimum Gasteiger partial charge on any atom is -0.385 e. The van der Waals surface area contributed by atoms with Gasteiger partial charge in [0.05, 0.1) is 6.04 Å². The van der Waals surface area contributed by atoms with Gasteiger partial charge in [-0.2, -0.15) is 0 Å². The molecule has 1 atom stereocenters. The molecule has 0 radical (unpaired) electrons. The van der Waals surface area contributed by atoms with Crippen molar-refractivity contribution in [3.63, 3.8) is 0 Å². The average molecular weight is 155 g/mol. The predicted octanol–water partition coefficient (Wildman–Crippen LogP) is 1.02. The molecule has 0 aliphatic rings. The van der Waals surface area contributed by atoms with Gasteiger partial charge in [-0.3, -0.25) is 0 Å².